The third-order valence-electron chi connectivity index (χ3n) is 3.60. The molecule has 2 aromatic heterocycles. The van der Waals surface area contributed by atoms with Crippen molar-refractivity contribution in [1.82, 2.24) is 14.1 Å². The number of halogens is 1. The SMILES string of the molecule is CCOc1cccn2cc(CCNS(=O)(=O)c3ccccc3Cl)nc12. The van der Waals surface area contributed by atoms with Gasteiger partial charge in [0.1, 0.15) is 4.90 Å². The van der Waals surface area contributed by atoms with Crippen LogP contribution in [0.15, 0.2) is 53.7 Å². The largest absolute Gasteiger partial charge is 0.490 e. The van der Waals surface area contributed by atoms with Crippen LogP contribution >= 0.6 is 11.6 Å². The molecule has 0 aliphatic heterocycles. The normalized spacial score (nSPS) is 11.8. The number of hydrogen-bond donors (Lipinski definition) is 1. The Morgan fingerprint density at radius 2 is 2.04 bits per heavy atom. The van der Waals surface area contributed by atoms with Crippen molar-refractivity contribution in [1.29, 1.82) is 0 Å². The molecule has 0 radical (unpaired) electrons. The Hall–Kier alpha value is -2.09. The van der Waals surface area contributed by atoms with Gasteiger partial charge in [-0.25, -0.2) is 18.1 Å². The summed E-state index contributed by atoms with van der Waals surface area (Å²) in [5.41, 5.74) is 1.49. The first kappa shape index (κ1) is 17.7. The van der Waals surface area contributed by atoms with Crippen LogP contribution in [0.25, 0.3) is 5.65 Å². The van der Waals surface area contributed by atoms with Crippen LogP contribution in [0.4, 0.5) is 0 Å². The Balaban J connectivity index is 1.71. The summed E-state index contributed by atoms with van der Waals surface area (Å²) >= 11 is 5.96. The van der Waals surface area contributed by atoms with Gasteiger partial charge in [0.2, 0.25) is 10.0 Å². The molecule has 0 aliphatic rings. The van der Waals surface area contributed by atoms with Crippen molar-refractivity contribution in [2.75, 3.05) is 13.2 Å². The van der Waals surface area contributed by atoms with Crippen molar-refractivity contribution in [3.63, 3.8) is 0 Å². The molecule has 0 spiro atoms. The number of nitrogens with one attached hydrogen (secondary N) is 1. The number of hydrogen-bond acceptors (Lipinski definition) is 4. The number of ether oxygens (including phenoxy) is 1. The number of nitrogens with zero attached hydrogens (tertiary/aromatic N) is 2. The van der Waals surface area contributed by atoms with E-state index in [1.165, 1.54) is 6.07 Å². The lowest BCUT2D eigenvalue weighted by Crippen LogP contribution is -2.26. The van der Waals surface area contributed by atoms with Crippen LogP contribution in [0, 0.1) is 0 Å². The Morgan fingerprint density at radius 1 is 1.24 bits per heavy atom. The van der Waals surface area contributed by atoms with E-state index in [9.17, 15) is 8.42 Å². The number of benzene rings is 1. The highest BCUT2D eigenvalue weighted by Crippen LogP contribution is 2.21. The second kappa shape index (κ2) is 7.43. The zero-order valence-corrected chi connectivity index (χ0v) is 15.2. The number of pyridine rings is 1. The number of sulfonamides is 1. The first-order chi connectivity index (χ1) is 12.0. The van der Waals surface area contributed by atoms with Crippen molar-refractivity contribution in [2.24, 2.45) is 0 Å². The van der Waals surface area contributed by atoms with Gasteiger partial charge in [-0.1, -0.05) is 23.7 Å². The quantitative estimate of drug-likeness (QED) is 0.685. The highest BCUT2D eigenvalue weighted by Gasteiger charge is 2.17. The summed E-state index contributed by atoms with van der Waals surface area (Å²) in [7, 11) is -3.65. The first-order valence-corrected chi connectivity index (χ1v) is 9.71. The maximum atomic E-state index is 12.3. The molecule has 8 heteroatoms. The fourth-order valence-electron chi connectivity index (χ4n) is 2.48. The molecule has 0 bridgehead atoms. The van der Waals surface area contributed by atoms with E-state index in [4.69, 9.17) is 16.3 Å². The van der Waals surface area contributed by atoms with Gasteiger partial charge in [0.25, 0.3) is 0 Å². The molecule has 0 amide bonds. The summed E-state index contributed by atoms with van der Waals surface area (Å²) in [6.45, 7) is 2.69. The average Bonchev–Trinajstić information content (AvgIpc) is 2.99. The summed E-state index contributed by atoms with van der Waals surface area (Å²) in [5.74, 6) is 0.702. The van der Waals surface area contributed by atoms with Crippen LogP contribution in [0.1, 0.15) is 12.6 Å². The van der Waals surface area contributed by atoms with Gasteiger partial charge in [-0.05, 0) is 31.2 Å². The van der Waals surface area contributed by atoms with E-state index >= 15 is 0 Å². The molecular weight excluding hydrogens is 362 g/mol. The third kappa shape index (κ3) is 3.95. The molecular formula is C17H18ClN3O3S. The van der Waals surface area contributed by atoms with Crippen LogP contribution in [-0.2, 0) is 16.4 Å². The molecule has 0 aliphatic carbocycles. The van der Waals surface area contributed by atoms with Crippen molar-refractivity contribution < 1.29 is 13.2 Å². The van der Waals surface area contributed by atoms with Gasteiger partial charge in [0.15, 0.2) is 11.4 Å². The lowest BCUT2D eigenvalue weighted by atomic mass is 10.3. The predicted octanol–water partition coefficient (Wildman–Crippen LogP) is 2.91. The van der Waals surface area contributed by atoms with Gasteiger partial charge in [-0.2, -0.15) is 0 Å². The van der Waals surface area contributed by atoms with Crippen LogP contribution in [0.2, 0.25) is 5.02 Å². The zero-order valence-electron chi connectivity index (χ0n) is 13.6. The van der Waals surface area contributed by atoms with Gasteiger partial charge in [-0.15, -0.1) is 0 Å². The van der Waals surface area contributed by atoms with Crippen molar-refractivity contribution in [3.05, 3.63) is 59.5 Å². The fraction of sp³-hybridized carbons (Fsp3) is 0.235. The Bertz CT molecular complexity index is 986. The van der Waals surface area contributed by atoms with Crippen LogP contribution in [0.5, 0.6) is 5.75 Å². The van der Waals surface area contributed by atoms with Gasteiger partial charge >= 0.3 is 0 Å². The van der Waals surface area contributed by atoms with Crippen LogP contribution < -0.4 is 9.46 Å². The molecule has 6 nitrogen and oxygen atoms in total. The topological polar surface area (TPSA) is 72.7 Å². The molecule has 25 heavy (non-hydrogen) atoms. The van der Waals surface area contributed by atoms with Crippen molar-refractivity contribution in [3.8, 4) is 5.75 Å². The van der Waals surface area contributed by atoms with Crippen LogP contribution in [0.3, 0.4) is 0 Å². The Morgan fingerprint density at radius 3 is 2.80 bits per heavy atom. The molecule has 0 fully saturated rings. The summed E-state index contributed by atoms with van der Waals surface area (Å²) in [4.78, 5) is 4.59. The minimum atomic E-state index is -3.65. The maximum absolute atomic E-state index is 12.3. The molecule has 0 saturated carbocycles. The number of imidazole rings is 1. The lowest BCUT2D eigenvalue weighted by Gasteiger charge is -2.07. The number of fused-ring (bicyclic) bond motifs is 1. The monoisotopic (exact) mass is 379 g/mol. The molecule has 1 aromatic carbocycles. The molecule has 2 heterocycles. The summed E-state index contributed by atoms with van der Waals surface area (Å²) in [6.07, 6.45) is 4.20. The zero-order chi connectivity index (χ0) is 17.9. The number of rotatable bonds is 7. The summed E-state index contributed by atoms with van der Waals surface area (Å²) in [5, 5.41) is 0.198. The molecule has 1 N–H and O–H groups in total. The van der Waals surface area contributed by atoms with E-state index in [0.717, 1.165) is 5.69 Å². The molecule has 132 valence electrons. The summed E-state index contributed by atoms with van der Waals surface area (Å²) in [6, 6.07) is 10.1. The highest BCUT2D eigenvalue weighted by molar-refractivity contribution is 7.89. The van der Waals surface area contributed by atoms with Crippen molar-refractivity contribution >= 4 is 27.3 Å². The predicted molar refractivity (Wildman–Crippen MR) is 96.7 cm³/mol. The van der Waals surface area contributed by atoms with Gasteiger partial charge < -0.3 is 9.14 Å². The Kier molecular flexibility index (Phi) is 5.27. The standard InChI is InChI=1S/C17H18ClN3O3S/c1-2-24-15-7-5-11-21-12-13(20-17(15)21)9-10-19-25(22,23)16-8-4-3-6-14(16)18/h3-8,11-12,19H,2,9-10H2,1H3. The van der Waals surface area contributed by atoms with E-state index in [0.29, 0.717) is 24.4 Å². The smallest absolute Gasteiger partial charge is 0.242 e. The fourth-order valence-corrected chi connectivity index (χ4v) is 4.03. The lowest BCUT2D eigenvalue weighted by molar-refractivity contribution is 0.342. The molecule has 0 saturated heterocycles. The minimum Gasteiger partial charge on any atom is -0.490 e. The molecule has 0 unspecified atom stereocenters. The van der Waals surface area contributed by atoms with E-state index in [2.05, 4.69) is 9.71 Å². The van der Waals surface area contributed by atoms with Gasteiger partial charge in [-0.3, -0.25) is 0 Å². The molecule has 3 rings (SSSR count). The third-order valence-corrected chi connectivity index (χ3v) is 5.56. The van der Waals surface area contributed by atoms with E-state index in [1.54, 1.807) is 18.2 Å². The van der Waals surface area contributed by atoms with Crippen molar-refractivity contribution in [2.45, 2.75) is 18.2 Å². The van der Waals surface area contributed by atoms with Crippen LogP contribution in [-0.4, -0.2) is 31.0 Å². The first-order valence-electron chi connectivity index (χ1n) is 7.85. The molecule has 0 atom stereocenters. The second-order valence-corrected chi connectivity index (χ2v) is 7.49. The van der Waals surface area contributed by atoms with E-state index in [1.807, 2.05) is 35.9 Å². The van der Waals surface area contributed by atoms with Gasteiger partial charge in [0, 0.05) is 25.4 Å². The van der Waals surface area contributed by atoms with E-state index < -0.39 is 10.0 Å². The average molecular weight is 380 g/mol. The Labute approximate surface area is 151 Å². The second-order valence-electron chi connectivity index (χ2n) is 5.35. The minimum absolute atomic E-state index is 0.0744. The number of aromatic nitrogens is 2. The summed E-state index contributed by atoms with van der Waals surface area (Å²) < 4.78 is 34.6. The maximum Gasteiger partial charge on any atom is 0.242 e. The van der Waals surface area contributed by atoms with Gasteiger partial charge in [0.05, 0.1) is 17.3 Å². The molecule has 3 aromatic rings. The van der Waals surface area contributed by atoms with E-state index in [-0.39, 0.29) is 16.5 Å². The highest BCUT2D eigenvalue weighted by atomic mass is 35.5.